The van der Waals surface area contributed by atoms with E-state index in [-0.39, 0.29) is 10.1 Å². The number of thiophene rings is 1. The van der Waals surface area contributed by atoms with Crippen molar-refractivity contribution >= 4 is 66.1 Å². The first-order valence-corrected chi connectivity index (χ1v) is 11.4. The molecule has 1 aliphatic heterocycles. The molecule has 1 aromatic carbocycles. The largest absolute Gasteiger partial charge is 0.325 e. The summed E-state index contributed by atoms with van der Waals surface area (Å²) in [6, 6.07) is 7.77. The molecule has 0 radical (unpaired) electrons. The molecule has 4 rings (SSSR count). The highest BCUT2D eigenvalue weighted by molar-refractivity contribution is 7.91. The lowest BCUT2D eigenvalue weighted by molar-refractivity contribution is -0.119. The first-order chi connectivity index (χ1) is 12.4. The van der Waals surface area contributed by atoms with Gasteiger partial charge in [-0.1, -0.05) is 11.6 Å². The fraction of sp³-hybridized carbons (Fsp3) is 0.250. The Balaban J connectivity index is 1.56. The maximum atomic E-state index is 12.8. The van der Waals surface area contributed by atoms with Gasteiger partial charge in [0, 0.05) is 12.2 Å². The van der Waals surface area contributed by atoms with Crippen LogP contribution in [-0.2, 0) is 14.8 Å². The fourth-order valence-electron chi connectivity index (χ4n) is 3.00. The van der Waals surface area contributed by atoms with Crippen molar-refractivity contribution in [2.45, 2.75) is 23.1 Å². The van der Waals surface area contributed by atoms with Crippen molar-refractivity contribution in [2.75, 3.05) is 11.9 Å². The average Bonchev–Trinajstić information content (AvgIpc) is 3.34. The first kappa shape index (κ1) is 17.9. The van der Waals surface area contributed by atoms with Gasteiger partial charge in [-0.25, -0.2) is 13.4 Å². The van der Waals surface area contributed by atoms with E-state index < -0.39 is 16.1 Å². The highest BCUT2D eigenvalue weighted by Gasteiger charge is 2.40. The van der Waals surface area contributed by atoms with E-state index in [2.05, 4.69) is 10.3 Å². The van der Waals surface area contributed by atoms with E-state index in [1.807, 2.05) is 6.07 Å². The molecule has 3 heterocycles. The second kappa shape index (κ2) is 6.90. The number of anilines is 1. The predicted octanol–water partition coefficient (Wildman–Crippen LogP) is 3.80. The van der Waals surface area contributed by atoms with Crippen LogP contribution in [-0.4, -0.2) is 36.2 Å². The number of carbonyl (C=O) groups excluding carboxylic acids is 1. The molecule has 0 saturated carbocycles. The summed E-state index contributed by atoms with van der Waals surface area (Å²) < 4.78 is 28.5. The minimum absolute atomic E-state index is 0.158. The van der Waals surface area contributed by atoms with E-state index in [9.17, 15) is 13.2 Å². The van der Waals surface area contributed by atoms with Crippen LogP contribution in [0.15, 0.2) is 40.1 Å². The Morgan fingerprint density at radius 3 is 2.92 bits per heavy atom. The summed E-state index contributed by atoms with van der Waals surface area (Å²) in [6.45, 7) is 0.320. The standard InChI is InChI=1S/C16H14ClN3O3S3/c17-14-5-6-15(25-14)26(22,23)20-7-1-2-12(20)16(21)19-10-3-4-13-11(8-10)18-9-24-13/h3-6,8-9,12H,1-2,7H2,(H,19,21)/t12-/m0/s1. The Labute approximate surface area is 163 Å². The number of fused-ring (bicyclic) bond motifs is 1. The van der Waals surface area contributed by atoms with Gasteiger partial charge in [0.1, 0.15) is 10.3 Å². The highest BCUT2D eigenvalue weighted by Crippen LogP contribution is 2.32. The summed E-state index contributed by atoms with van der Waals surface area (Å²) in [4.78, 5) is 17.0. The molecule has 0 unspecified atom stereocenters. The van der Waals surface area contributed by atoms with Crippen LogP contribution in [0, 0.1) is 0 Å². The zero-order valence-corrected chi connectivity index (χ0v) is 16.6. The van der Waals surface area contributed by atoms with E-state index in [0.717, 1.165) is 21.6 Å². The molecular weight excluding hydrogens is 414 g/mol. The third-order valence-corrected chi connectivity index (χ3v) is 8.63. The number of hydrogen-bond acceptors (Lipinski definition) is 6. The molecule has 1 amide bonds. The van der Waals surface area contributed by atoms with Gasteiger partial charge in [-0.05, 0) is 43.2 Å². The summed E-state index contributed by atoms with van der Waals surface area (Å²) in [6.07, 6.45) is 1.13. The van der Waals surface area contributed by atoms with E-state index in [1.165, 1.54) is 21.7 Å². The Hall–Kier alpha value is -1.52. The summed E-state index contributed by atoms with van der Waals surface area (Å²) in [7, 11) is -3.73. The van der Waals surface area contributed by atoms with Gasteiger partial charge in [-0.3, -0.25) is 4.79 Å². The van der Waals surface area contributed by atoms with Crippen LogP contribution < -0.4 is 5.32 Å². The minimum atomic E-state index is -3.73. The number of rotatable bonds is 4. The van der Waals surface area contributed by atoms with Gasteiger partial charge in [0.2, 0.25) is 5.91 Å². The second-order valence-electron chi connectivity index (χ2n) is 5.86. The SMILES string of the molecule is O=C(Nc1ccc2scnc2c1)[C@@H]1CCCN1S(=O)(=O)c1ccc(Cl)s1. The molecule has 0 aliphatic carbocycles. The lowest BCUT2D eigenvalue weighted by Gasteiger charge is -2.22. The van der Waals surface area contributed by atoms with Crippen LogP contribution in [0.3, 0.4) is 0 Å². The molecule has 1 saturated heterocycles. The molecule has 10 heteroatoms. The molecule has 2 aromatic heterocycles. The lowest BCUT2D eigenvalue weighted by Crippen LogP contribution is -2.42. The zero-order chi connectivity index (χ0) is 18.3. The molecule has 1 fully saturated rings. The Kier molecular flexibility index (Phi) is 4.74. The number of aromatic nitrogens is 1. The predicted molar refractivity (Wildman–Crippen MR) is 104 cm³/mol. The normalized spacial score (nSPS) is 18.4. The third kappa shape index (κ3) is 3.25. The average molecular weight is 428 g/mol. The molecular formula is C16H14ClN3O3S3. The Morgan fingerprint density at radius 2 is 2.15 bits per heavy atom. The second-order valence-corrected chi connectivity index (χ2v) is 10.6. The maximum Gasteiger partial charge on any atom is 0.253 e. The van der Waals surface area contributed by atoms with Crippen LogP contribution in [0.25, 0.3) is 10.2 Å². The number of hydrogen-bond donors (Lipinski definition) is 1. The van der Waals surface area contributed by atoms with Crippen LogP contribution in [0.4, 0.5) is 5.69 Å². The van der Waals surface area contributed by atoms with Gasteiger partial charge in [0.05, 0.1) is 20.1 Å². The summed E-state index contributed by atoms with van der Waals surface area (Å²) >= 11 is 8.39. The number of nitrogens with one attached hydrogen (secondary N) is 1. The Bertz CT molecular complexity index is 1080. The topological polar surface area (TPSA) is 79.4 Å². The number of thiazole rings is 1. The molecule has 6 nitrogen and oxygen atoms in total. The van der Waals surface area contributed by atoms with Crippen molar-refractivity contribution in [3.63, 3.8) is 0 Å². The van der Waals surface area contributed by atoms with Gasteiger partial charge in [-0.15, -0.1) is 22.7 Å². The fourth-order valence-corrected chi connectivity index (χ4v) is 6.93. The molecule has 1 N–H and O–H groups in total. The van der Waals surface area contributed by atoms with E-state index in [0.29, 0.717) is 29.4 Å². The van der Waals surface area contributed by atoms with Crippen LogP contribution in [0.5, 0.6) is 0 Å². The van der Waals surface area contributed by atoms with Crippen molar-refractivity contribution in [1.82, 2.24) is 9.29 Å². The maximum absolute atomic E-state index is 12.8. The molecule has 0 bridgehead atoms. The van der Waals surface area contributed by atoms with Crippen molar-refractivity contribution in [3.8, 4) is 0 Å². The molecule has 3 aromatic rings. The smallest absolute Gasteiger partial charge is 0.253 e. The monoisotopic (exact) mass is 427 g/mol. The third-order valence-electron chi connectivity index (χ3n) is 4.22. The number of amides is 1. The van der Waals surface area contributed by atoms with E-state index >= 15 is 0 Å². The van der Waals surface area contributed by atoms with Gasteiger partial charge in [0.25, 0.3) is 10.0 Å². The minimum Gasteiger partial charge on any atom is -0.325 e. The summed E-state index contributed by atoms with van der Waals surface area (Å²) in [5.41, 5.74) is 3.15. The number of nitrogens with zero attached hydrogens (tertiary/aromatic N) is 2. The molecule has 26 heavy (non-hydrogen) atoms. The van der Waals surface area contributed by atoms with Crippen molar-refractivity contribution < 1.29 is 13.2 Å². The van der Waals surface area contributed by atoms with Crippen LogP contribution >= 0.6 is 34.3 Å². The van der Waals surface area contributed by atoms with Gasteiger partial charge >= 0.3 is 0 Å². The molecule has 1 atom stereocenters. The van der Waals surface area contributed by atoms with Crippen LogP contribution in [0.2, 0.25) is 4.34 Å². The molecule has 136 valence electrons. The summed E-state index contributed by atoms with van der Waals surface area (Å²) in [5, 5.41) is 2.82. The zero-order valence-electron chi connectivity index (χ0n) is 13.4. The van der Waals surface area contributed by atoms with Crippen molar-refractivity contribution in [2.24, 2.45) is 0 Å². The highest BCUT2D eigenvalue weighted by atomic mass is 35.5. The van der Waals surface area contributed by atoms with Gasteiger partial charge in [-0.2, -0.15) is 4.31 Å². The molecule has 1 aliphatic rings. The number of benzene rings is 1. The number of carbonyl (C=O) groups is 1. The van der Waals surface area contributed by atoms with Crippen molar-refractivity contribution in [3.05, 3.63) is 40.2 Å². The first-order valence-electron chi connectivity index (χ1n) is 7.86. The quantitative estimate of drug-likeness (QED) is 0.686. The van der Waals surface area contributed by atoms with Gasteiger partial charge < -0.3 is 5.32 Å². The van der Waals surface area contributed by atoms with Gasteiger partial charge in [0.15, 0.2) is 0 Å². The number of halogens is 1. The van der Waals surface area contributed by atoms with E-state index in [4.69, 9.17) is 11.6 Å². The molecule has 0 spiro atoms. The number of sulfonamides is 1. The van der Waals surface area contributed by atoms with Crippen molar-refractivity contribution in [1.29, 1.82) is 0 Å². The van der Waals surface area contributed by atoms with E-state index in [1.54, 1.807) is 23.7 Å². The summed E-state index contributed by atoms with van der Waals surface area (Å²) in [5.74, 6) is -0.330. The lowest BCUT2D eigenvalue weighted by atomic mass is 10.2. The van der Waals surface area contributed by atoms with Crippen LogP contribution in [0.1, 0.15) is 12.8 Å². The Morgan fingerprint density at radius 1 is 1.31 bits per heavy atom.